The van der Waals surface area contributed by atoms with Gasteiger partial charge in [0.2, 0.25) is 5.91 Å². The minimum Gasteiger partial charge on any atom is -0.445 e. The van der Waals surface area contributed by atoms with Crippen LogP contribution in [-0.4, -0.2) is 72.4 Å². The minimum atomic E-state index is -1.32. The number of aliphatic hydroxyl groups excluding tert-OH is 1. The van der Waals surface area contributed by atoms with E-state index in [4.69, 9.17) is 9.47 Å². The van der Waals surface area contributed by atoms with Gasteiger partial charge in [-0.1, -0.05) is 30.3 Å². The molecule has 1 aromatic carbocycles. The molecular formula is C21H29N3O6. The summed E-state index contributed by atoms with van der Waals surface area (Å²) in [7, 11) is 0. The highest BCUT2D eigenvalue weighted by Crippen LogP contribution is 2.21. The van der Waals surface area contributed by atoms with Crippen molar-refractivity contribution < 1.29 is 29.0 Å². The number of likely N-dealkylation sites (tertiary alicyclic amines) is 1. The Labute approximate surface area is 175 Å². The van der Waals surface area contributed by atoms with Crippen LogP contribution in [0.25, 0.3) is 0 Å². The van der Waals surface area contributed by atoms with Gasteiger partial charge in [-0.15, -0.1) is 0 Å². The maximum absolute atomic E-state index is 12.5. The van der Waals surface area contributed by atoms with Crippen molar-refractivity contribution in [2.75, 3.05) is 26.2 Å². The largest absolute Gasteiger partial charge is 0.445 e. The van der Waals surface area contributed by atoms with E-state index in [2.05, 4.69) is 10.6 Å². The number of rotatable bonds is 8. The minimum absolute atomic E-state index is 0.0199. The highest BCUT2D eigenvalue weighted by molar-refractivity contribution is 5.85. The molecule has 3 N–H and O–H groups in total. The maximum Gasteiger partial charge on any atom is 0.407 e. The molecule has 2 fully saturated rings. The fourth-order valence-electron chi connectivity index (χ4n) is 3.75. The molecule has 9 nitrogen and oxygen atoms in total. The second-order valence-electron chi connectivity index (χ2n) is 7.54. The van der Waals surface area contributed by atoms with E-state index in [1.54, 1.807) is 0 Å². The number of hydrogen-bond donors (Lipinski definition) is 3. The van der Waals surface area contributed by atoms with Gasteiger partial charge in [-0.05, 0) is 31.2 Å². The Balaban J connectivity index is 1.41. The first-order valence-corrected chi connectivity index (χ1v) is 10.4. The third kappa shape index (κ3) is 6.17. The number of nitrogens with one attached hydrogen (secondary N) is 2. The SMILES string of the molecule is O=C(NCC(=O)N1CCC[C@H]1C(O)C(=O)NC[C@@H]1CCCO1)OCc1ccccc1. The number of benzene rings is 1. The number of hydrogen-bond acceptors (Lipinski definition) is 6. The Bertz CT molecular complexity index is 723. The lowest BCUT2D eigenvalue weighted by molar-refractivity contribution is -0.139. The Morgan fingerprint density at radius 2 is 1.97 bits per heavy atom. The lowest BCUT2D eigenvalue weighted by Crippen LogP contribution is -2.52. The second kappa shape index (κ2) is 10.9. The smallest absolute Gasteiger partial charge is 0.407 e. The summed E-state index contributed by atoms with van der Waals surface area (Å²) in [6, 6.07) is 8.61. The van der Waals surface area contributed by atoms with Crippen molar-refractivity contribution in [1.29, 1.82) is 0 Å². The molecule has 2 aliphatic rings. The third-order valence-electron chi connectivity index (χ3n) is 5.38. The van der Waals surface area contributed by atoms with E-state index in [1.165, 1.54) is 4.90 Å². The van der Waals surface area contributed by atoms with Crippen LogP contribution in [0.1, 0.15) is 31.2 Å². The maximum atomic E-state index is 12.5. The summed E-state index contributed by atoms with van der Waals surface area (Å²) in [5.41, 5.74) is 0.843. The molecule has 2 saturated heterocycles. The van der Waals surface area contributed by atoms with E-state index in [1.807, 2.05) is 30.3 Å². The molecular weight excluding hydrogens is 390 g/mol. The highest BCUT2D eigenvalue weighted by atomic mass is 16.5. The summed E-state index contributed by atoms with van der Waals surface area (Å²) in [6.07, 6.45) is 1.03. The van der Waals surface area contributed by atoms with Gasteiger partial charge in [-0.25, -0.2) is 4.79 Å². The second-order valence-corrected chi connectivity index (χ2v) is 7.54. The van der Waals surface area contributed by atoms with Crippen molar-refractivity contribution in [3.05, 3.63) is 35.9 Å². The van der Waals surface area contributed by atoms with Crippen LogP contribution in [0.5, 0.6) is 0 Å². The summed E-state index contributed by atoms with van der Waals surface area (Å²) in [5, 5.41) is 15.6. The zero-order chi connectivity index (χ0) is 21.3. The van der Waals surface area contributed by atoms with Crippen LogP contribution in [0.4, 0.5) is 4.79 Å². The molecule has 164 valence electrons. The molecule has 0 aromatic heterocycles. The van der Waals surface area contributed by atoms with E-state index >= 15 is 0 Å². The topological polar surface area (TPSA) is 117 Å². The molecule has 1 unspecified atom stereocenters. The lowest BCUT2D eigenvalue weighted by Gasteiger charge is -2.28. The van der Waals surface area contributed by atoms with Gasteiger partial charge in [0, 0.05) is 19.7 Å². The fourth-order valence-corrected chi connectivity index (χ4v) is 3.75. The molecule has 30 heavy (non-hydrogen) atoms. The molecule has 0 aliphatic carbocycles. The van der Waals surface area contributed by atoms with Crippen LogP contribution in [0.3, 0.4) is 0 Å². The van der Waals surface area contributed by atoms with Crippen molar-refractivity contribution in [1.82, 2.24) is 15.5 Å². The molecule has 2 aliphatic heterocycles. The van der Waals surface area contributed by atoms with Gasteiger partial charge in [0.25, 0.3) is 5.91 Å². The van der Waals surface area contributed by atoms with E-state index in [0.29, 0.717) is 32.5 Å². The van der Waals surface area contributed by atoms with Gasteiger partial charge in [0.05, 0.1) is 12.1 Å². The molecule has 3 amide bonds. The van der Waals surface area contributed by atoms with Crippen LogP contribution in [0, 0.1) is 0 Å². The van der Waals surface area contributed by atoms with Gasteiger partial charge >= 0.3 is 6.09 Å². The summed E-state index contributed by atoms with van der Waals surface area (Å²) in [6.45, 7) is 1.33. The van der Waals surface area contributed by atoms with Crippen molar-refractivity contribution in [3.8, 4) is 0 Å². The third-order valence-corrected chi connectivity index (χ3v) is 5.38. The molecule has 9 heteroatoms. The quantitative estimate of drug-likeness (QED) is 0.567. The normalized spacial score (nSPS) is 21.8. The standard InChI is InChI=1S/C21H29N3O6/c25-18(13-23-21(28)30-14-15-6-2-1-3-7-15)24-10-4-9-17(24)19(26)20(27)22-12-16-8-5-11-29-16/h1-3,6-7,16-17,19,26H,4-5,8-14H2,(H,22,27)(H,23,28)/t16-,17-,19?/m0/s1. The summed E-state index contributed by atoms with van der Waals surface area (Å²) >= 11 is 0. The van der Waals surface area contributed by atoms with E-state index in [-0.39, 0.29) is 25.2 Å². The highest BCUT2D eigenvalue weighted by Gasteiger charge is 2.37. The van der Waals surface area contributed by atoms with Crippen molar-refractivity contribution in [3.63, 3.8) is 0 Å². The molecule has 0 spiro atoms. The van der Waals surface area contributed by atoms with Crippen molar-refractivity contribution in [2.45, 2.75) is 50.5 Å². The van der Waals surface area contributed by atoms with Crippen LogP contribution in [-0.2, 0) is 25.7 Å². The number of alkyl carbamates (subject to hydrolysis) is 1. The van der Waals surface area contributed by atoms with Gasteiger partial charge in [0.1, 0.15) is 13.2 Å². The molecule has 2 heterocycles. The van der Waals surface area contributed by atoms with Gasteiger partial charge in [0.15, 0.2) is 6.10 Å². The first kappa shape index (κ1) is 22.0. The molecule has 3 rings (SSSR count). The Hall–Kier alpha value is -2.65. The van der Waals surface area contributed by atoms with E-state index < -0.39 is 24.1 Å². The monoisotopic (exact) mass is 419 g/mol. The number of aliphatic hydroxyl groups is 1. The zero-order valence-electron chi connectivity index (χ0n) is 16.9. The first-order valence-electron chi connectivity index (χ1n) is 10.4. The average molecular weight is 419 g/mol. The molecule has 0 saturated carbocycles. The van der Waals surface area contributed by atoms with Gasteiger partial charge in [-0.3, -0.25) is 9.59 Å². The number of ether oxygens (including phenoxy) is 2. The Morgan fingerprint density at radius 1 is 1.17 bits per heavy atom. The molecule has 3 atom stereocenters. The summed E-state index contributed by atoms with van der Waals surface area (Å²) < 4.78 is 10.5. The van der Waals surface area contributed by atoms with E-state index in [9.17, 15) is 19.5 Å². The van der Waals surface area contributed by atoms with E-state index in [0.717, 1.165) is 18.4 Å². The fraction of sp³-hybridized carbons (Fsp3) is 0.571. The Morgan fingerprint density at radius 3 is 2.70 bits per heavy atom. The number of carbonyl (C=O) groups is 3. The molecule has 0 bridgehead atoms. The summed E-state index contributed by atoms with van der Waals surface area (Å²) in [4.78, 5) is 38.1. The molecule has 0 radical (unpaired) electrons. The number of amides is 3. The first-order chi connectivity index (χ1) is 14.5. The number of nitrogens with zero attached hydrogens (tertiary/aromatic N) is 1. The van der Waals surface area contributed by atoms with Crippen LogP contribution in [0.2, 0.25) is 0 Å². The van der Waals surface area contributed by atoms with Crippen LogP contribution < -0.4 is 10.6 Å². The van der Waals surface area contributed by atoms with Crippen LogP contribution in [0.15, 0.2) is 30.3 Å². The predicted octanol–water partition coefficient (Wildman–Crippen LogP) is 0.560. The van der Waals surface area contributed by atoms with Gasteiger partial charge in [-0.2, -0.15) is 0 Å². The summed E-state index contributed by atoms with van der Waals surface area (Å²) in [5.74, 6) is -0.870. The average Bonchev–Trinajstić information content (AvgIpc) is 3.46. The molecule has 1 aromatic rings. The zero-order valence-corrected chi connectivity index (χ0v) is 16.9. The van der Waals surface area contributed by atoms with Crippen molar-refractivity contribution >= 4 is 17.9 Å². The van der Waals surface area contributed by atoms with Crippen LogP contribution >= 0.6 is 0 Å². The predicted molar refractivity (Wildman–Crippen MR) is 107 cm³/mol. The van der Waals surface area contributed by atoms with Gasteiger partial charge < -0.3 is 30.1 Å². The lowest BCUT2D eigenvalue weighted by atomic mass is 10.1. The Kier molecular flexibility index (Phi) is 8.04. The number of carbonyl (C=O) groups excluding carboxylic acids is 3. The van der Waals surface area contributed by atoms with Crippen molar-refractivity contribution in [2.24, 2.45) is 0 Å².